The van der Waals surface area contributed by atoms with Crippen LogP contribution in [0.15, 0.2) is 52.7 Å². The molecule has 19 heavy (non-hydrogen) atoms. The molecule has 2 aromatic rings. The third kappa shape index (κ3) is 3.45. The van der Waals surface area contributed by atoms with E-state index in [1.165, 1.54) is 0 Å². The van der Waals surface area contributed by atoms with Gasteiger partial charge in [0.15, 0.2) is 0 Å². The van der Waals surface area contributed by atoms with Gasteiger partial charge in [-0.2, -0.15) is 5.11 Å². The second-order valence-electron chi connectivity index (χ2n) is 4.24. The van der Waals surface area contributed by atoms with E-state index in [-0.39, 0.29) is 5.75 Å². The topological polar surface area (TPSA) is 48.2 Å². The first-order valence-corrected chi connectivity index (χ1v) is 6.12. The molecule has 0 aliphatic heterocycles. The zero-order valence-corrected chi connectivity index (χ0v) is 11.5. The minimum absolute atomic E-state index is 0.101. The Labute approximate surface area is 117 Å². The molecule has 0 heterocycles. The maximum Gasteiger partial charge on any atom is 0.145 e. The lowest BCUT2D eigenvalue weighted by atomic mass is 10.2. The smallest absolute Gasteiger partial charge is 0.145 e. The van der Waals surface area contributed by atoms with Crippen molar-refractivity contribution in [3.05, 3.63) is 47.5 Å². The molecule has 4 nitrogen and oxygen atoms in total. The highest BCUT2D eigenvalue weighted by Crippen LogP contribution is 2.31. The second kappa shape index (κ2) is 5.71. The van der Waals surface area contributed by atoms with Gasteiger partial charge in [-0.1, -0.05) is 11.6 Å². The van der Waals surface area contributed by atoms with E-state index in [0.717, 1.165) is 5.69 Å². The summed E-state index contributed by atoms with van der Waals surface area (Å²) in [4.78, 5) is 1.90. The molecule has 2 rings (SSSR count). The molecule has 0 aromatic heterocycles. The van der Waals surface area contributed by atoms with E-state index in [2.05, 4.69) is 10.2 Å². The Balaban J connectivity index is 2.21. The lowest BCUT2D eigenvalue weighted by Gasteiger charge is -2.12. The summed E-state index contributed by atoms with van der Waals surface area (Å²) in [6.45, 7) is 0. The Morgan fingerprint density at radius 3 is 2.26 bits per heavy atom. The molecule has 2 aromatic carbocycles. The number of benzene rings is 2. The van der Waals surface area contributed by atoms with Crippen molar-refractivity contribution in [2.24, 2.45) is 10.2 Å². The van der Waals surface area contributed by atoms with Gasteiger partial charge in [-0.25, -0.2) is 0 Å². The molecule has 0 spiro atoms. The number of hydrogen-bond donors (Lipinski definition) is 1. The van der Waals surface area contributed by atoms with E-state index in [1.54, 1.807) is 36.4 Å². The molecule has 0 saturated heterocycles. The molecule has 0 amide bonds. The van der Waals surface area contributed by atoms with Crippen LogP contribution >= 0.6 is 11.6 Å². The fourth-order valence-corrected chi connectivity index (χ4v) is 1.62. The van der Waals surface area contributed by atoms with Crippen LogP contribution in [0.2, 0.25) is 5.02 Å². The van der Waals surface area contributed by atoms with Gasteiger partial charge in [0.25, 0.3) is 0 Å². The number of azo groups is 1. The summed E-state index contributed by atoms with van der Waals surface area (Å²) in [5.74, 6) is 0.101. The van der Waals surface area contributed by atoms with E-state index in [4.69, 9.17) is 11.6 Å². The number of phenols is 1. The van der Waals surface area contributed by atoms with Gasteiger partial charge in [0.2, 0.25) is 0 Å². The normalized spacial score (nSPS) is 10.9. The SMILES string of the molecule is CN(C)c1ccc(N=Nc2ccc(Cl)cc2)c(O)c1. The summed E-state index contributed by atoms with van der Waals surface area (Å²) in [5.41, 5.74) is 2.02. The van der Waals surface area contributed by atoms with Crippen molar-refractivity contribution >= 4 is 28.7 Å². The maximum absolute atomic E-state index is 9.86. The van der Waals surface area contributed by atoms with Crippen molar-refractivity contribution in [3.63, 3.8) is 0 Å². The third-order valence-electron chi connectivity index (χ3n) is 2.58. The first kappa shape index (κ1) is 13.4. The average Bonchev–Trinajstić information content (AvgIpc) is 2.39. The van der Waals surface area contributed by atoms with Gasteiger partial charge in [-0.15, -0.1) is 5.11 Å². The maximum atomic E-state index is 9.86. The monoisotopic (exact) mass is 275 g/mol. The number of nitrogens with zero attached hydrogens (tertiary/aromatic N) is 3. The molecule has 0 radical (unpaired) electrons. The van der Waals surface area contributed by atoms with E-state index in [0.29, 0.717) is 16.4 Å². The predicted octanol–water partition coefficient (Wildman–Crippen LogP) is 4.53. The fraction of sp³-hybridized carbons (Fsp3) is 0.143. The molecule has 0 atom stereocenters. The molecule has 0 aliphatic rings. The lowest BCUT2D eigenvalue weighted by molar-refractivity contribution is 0.476. The minimum atomic E-state index is 0.101. The van der Waals surface area contributed by atoms with Crippen molar-refractivity contribution in [1.82, 2.24) is 0 Å². The predicted molar refractivity (Wildman–Crippen MR) is 78.1 cm³/mol. The molecule has 98 valence electrons. The molecular formula is C14H14ClN3O. The number of phenolic OH excluding ortho intramolecular Hbond substituents is 1. The Morgan fingerprint density at radius 2 is 1.68 bits per heavy atom. The van der Waals surface area contributed by atoms with Crippen LogP contribution in [0.5, 0.6) is 5.75 Å². The fourth-order valence-electron chi connectivity index (χ4n) is 1.49. The quantitative estimate of drug-likeness (QED) is 0.837. The van der Waals surface area contributed by atoms with Crippen molar-refractivity contribution in [2.75, 3.05) is 19.0 Å². The van der Waals surface area contributed by atoms with E-state index in [1.807, 2.05) is 25.1 Å². The number of hydrogen-bond acceptors (Lipinski definition) is 4. The van der Waals surface area contributed by atoms with Crippen LogP contribution in [0.3, 0.4) is 0 Å². The van der Waals surface area contributed by atoms with Crippen LogP contribution in [-0.2, 0) is 0 Å². The molecule has 0 saturated carbocycles. The van der Waals surface area contributed by atoms with Crippen LogP contribution in [0.1, 0.15) is 0 Å². The Morgan fingerprint density at radius 1 is 1.00 bits per heavy atom. The Kier molecular flexibility index (Phi) is 4.02. The zero-order chi connectivity index (χ0) is 13.8. The van der Waals surface area contributed by atoms with Gasteiger partial charge in [-0.05, 0) is 36.4 Å². The first-order chi connectivity index (χ1) is 9.06. The average molecular weight is 276 g/mol. The number of aromatic hydroxyl groups is 1. The van der Waals surface area contributed by atoms with Crippen LogP contribution in [0.25, 0.3) is 0 Å². The molecule has 5 heteroatoms. The van der Waals surface area contributed by atoms with E-state index >= 15 is 0 Å². The molecular weight excluding hydrogens is 262 g/mol. The summed E-state index contributed by atoms with van der Waals surface area (Å²) in [7, 11) is 3.81. The summed E-state index contributed by atoms with van der Waals surface area (Å²) in [6, 6.07) is 12.3. The van der Waals surface area contributed by atoms with Crippen LogP contribution in [0.4, 0.5) is 17.1 Å². The molecule has 0 bridgehead atoms. The highest BCUT2D eigenvalue weighted by Gasteiger charge is 2.03. The second-order valence-corrected chi connectivity index (χ2v) is 4.68. The number of rotatable bonds is 3. The zero-order valence-electron chi connectivity index (χ0n) is 10.7. The summed E-state index contributed by atoms with van der Waals surface area (Å²) in [5, 5.41) is 18.6. The van der Waals surface area contributed by atoms with Crippen molar-refractivity contribution in [1.29, 1.82) is 0 Å². The van der Waals surface area contributed by atoms with Gasteiger partial charge >= 0.3 is 0 Å². The minimum Gasteiger partial charge on any atom is -0.506 e. The molecule has 0 aliphatic carbocycles. The van der Waals surface area contributed by atoms with Gasteiger partial charge < -0.3 is 10.0 Å². The number of anilines is 1. The molecule has 1 N–H and O–H groups in total. The summed E-state index contributed by atoms with van der Waals surface area (Å²) < 4.78 is 0. The Hall–Kier alpha value is -2.07. The highest BCUT2D eigenvalue weighted by molar-refractivity contribution is 6.30. The lowest BCUT2D eigenvalue weighted by Crippen LogP contribution is -2.07. The van der Waals surface area contributed by atoms with Crippen molar-refractivity contribution < 1.29 is 5.11 Å². The van der Waals surface area contributed by atoms with Gasteiger partial charge in [0.05, 0.1) is 5.69 Å². The van der Waals surface area contributed by atoms with E-state index < -0.39 is 0 Å². The van der Waals surface area contributed by atoms with Crippen LogP contribution < -0.4 is 4.90 Å². The molecule has 0 unspecified atom stereocenters. The van der Waals surface area contributed by atoms with Crippen LogP contribution in [0, 0.1) is 0 Å². The summed E-state index contributed by atoms with van der Waals surface area (Å²) in [6.07, 6.45) is 0. The molecule has 0 fully saturated rings. The van der Waals surface area contributed by atoms with Crippen molar-refractivity contribution in [3.8, 4) is 5.75 Å². The van der Waals surface area contributed by atoms with E-state index in [9.17, 15) is 5.11 Å². The third-order valence-corrected chi connectivity index (χ3v) is 2.83. The Bertz CT molecular complexity index is 594. The number of halogens is 1. The van der Waals surface area contributed by atoms with Crippen LogP contribution in [-0.4, -0.2) is 19.2 Å². The standard InChI is InChI=1S/C14H14ClN3O/c1-18(2)12-7-8-13(14(19)9-12)17-16-11-5-3-10(15)4-6-11/h3-9,19H,1-2H3. The highest BCUT2D eigenvalue weighted by atomic mass is 35.5. The van der Waals surface area contributed by atoms with Gasteiger partial charge in [0, 0.05) is 30.9 Å². The van der Waals surface area contributed by atoms with Gasteiger partial charge in [-0.3, -0.25) is 0 Å². The summed E-state index contributed by atoms with van der Waals surface area (Å²) >= 11 is 5.78. The van der Waals surface area contributed by atoms with Gasteiger partial charge in [0.1, 0.15) is 11.4 Å². The first-order valence-electron chi connectivity index (χ1n) is 5.74. The van der Waals surface area contributed by atoms with Crippen molar-refractivity contribution in [2.45, 2.75) is 0 Å². The largest absolute Gasteiger partial charge is 0.506 e.